The number of benzene rings is 1. The summed E-state index contributed by atoms with van der Waals surface area (Å²) in [4.78, 5) is 4.40. The molecule has 8 heteroatoms. The predicted molar refractivity (Wildman–Crippen MR) is 104 cm³/mol. The van der Waals surface area contributed by atoms with Gasteiger partial charge in [-0.2, -0.15) is 4.98 Å². The molecule has 28 heavy (non-hydrogen) atoms. The summed E-state index contributed by atoms with van der Waals surface area (Å²) < 4.78 is 21.4. The van der Waals surface area contributed by atoms with Crippen molar-refractivity contribution in [3.8, 4) is 11.4 Å². The lowest BCUT2D eigenvalue weighted by molar-refractivity contribution is 0.378. The van der Waals surface area contributed by atoms with Crippen molar-refractivity contribution >= 4 is 11.8 Å². The van der Waals surface area contributed by atoms with Gasteiger partial charge in [0.1, 0.15) is 11.6 Å². The summed E-state index contributed by atoms with van der Waals surface area (Å²) >= 11 is 1.76. The Morgan fingerprint density at radius 3 is 2.82 bits per heavy atom. The molecule has 0 radical (unpaired) electrons. The van der Waals surface area contributed by atoms with Crippen molar-refractivity contribution < 1.29 is 8.91 Å². The lowest BCUT2D eigenvalue weighted by Crippen LogP contribution is -2.02. The van der Waals surface area contributed by atoms with E-state index in [0.717, 1.165) is 17.3 Å². The van der Waals surface area contributed by atoms with Gasteiger partial charge in [0.2, 0.25) is 11.7 Å². The van der Waals surface area contributed by atoms with E-state index in [2.05, 4.69) is 24.9 Å². The molecule has 0 aliphatic heterocycles. The van der Waals surface area contributed by atoms with Gasteiger partial charge in [-0.25, -0.2) is 4.39 Å². The van der Waals surface area contributed by atoms with Crippen LogP contribution in [-0.2, 0) is 6.42 Å². The van der Waals surface area contributed by atoms with E-state index in [4.69, 9.17) is 4.52 Å². The van der Waals surface area contributed by atoms with E-state index in [9.17, 15) is 4.39 Å². The van der Waals surface area contributed by atoms with Crippen LogP contribution in [0, 0.1) is 12.7 Å². The zero-order valence-corrected chi connectivity index (χ0v) is 16.6. The van der Waals surface area contributed by atoms with Crippen LogP contribution in [0.4, 0.5) is 4.39 Å². The third-order valence-corrected chi connectivity index (χ3v) is 6.24. The van der Waals surface area contributed by atoms with Crippen LogP contribution in [0.25, 0.3) is 11.4 Å². The van der Waals surface area contributed by atoms with Crippen molar-refractivity contribution in [2.24, 2.45) is 0 Å². The van der Waals surface area contributed by atoms with Crippen LogP contribution in [0.2, 0.25) is 0 Å². The maximum atomic E-state index is 13.7. The van der Waals surface area contributed by atoms with E-state index in [0.29, 0.717) is 41.2 Å². The van der Waals surface area contributed by atoms with Gasteiger partial charge < -0.3 is 9.09 Å². The minimum atomic E-state index is -0.259. The highest BCUT2D eigenvalue weighted by atomic mass is 32.2. The smallest absolute Gasteiger partial charge is 0.226 e. The molecule has 0 spiro atoms. The second kappa shape index (κ2) is 7.31. The number of nitrogens with zero attached hydrogens (tertiary/aromatic N) is 5. The van der Waals surface area contributed by atoms with Gasteiger partial charge in [0.05, 0.1) is 0 Å². The third-order valence-electron chi connectivity index (χ3n) is 5.21. The van der Waals surface area contributed by atoms with Gasteiger partial charge in [-0.15, -0.1) is 10.2 Å². The zero-order chi connectivity index (χ0) is 19.1. The van der Waals surface area contributed by atoms with Gasteiger partial charge in [0.25, 0.3) is 0 Å². The minimum Gasteiger partial charge on any atom is -0.339 e. The van der Waals surface area contributed by atoms with Crippen molar-refractivity contribution in [3.05, 3.63) is 41.3 Å². The molecular weight excluding hydrogens is 377 g/mol. The minimum absolute atomic E-state index is 0.259. The number of rotatable bonds is 8. The van der Waals surface area contributed by atoms with E-state index in [1.807, 2.05) is 6.07 Å². The average Bonchev–Trinajstić information content (AvgIpc) is 3.63. The molecule has 2 heterocycles. The predicted octanol–water partition coefficient (Wildman–Crippen LogP) is 4.71. The molecular formula is C20H22FN5OS. The second-order valence-electron chi connectivity index (χ2n) is 7.64. The summed E-state index contributed by atoms with van der Waals surface area (Å²) in [6.07, 6.45) is 6.59. The quantitative estimate of drug-likeness (QED) is 0.403. The third kappa shape index (κ3) is 3.70. The molecule has 0 atom stereocenters. The van der Waals surface area contributed by atoms with E-state index in [1.54, 1.807) is 24.8 Å². The number of halogens is 1. The summed E-state index contributed by atoms with van der Waals surface area (Å²) in [5.41, 5.74) is 1.24. The van der Waals surface area contributed by atoms with Crippen LogP contribution in [0.15, 0.2) is 27.9 Å². The Morgan fingerprint density at radius 2 is 2.07 bits per heavy atom. The SMILES string of the molecule is Cc1ccc(-c2noc(CCCSc3nnc(C4CC4)n3C3CC3)n2)cc1F. The fourth-order valence-electron chi connectivity index (χ4n) is 3.28. The monoisotopic (exact) mass is 399 g/mol. The summed E-state index contributed by atoms with van der Waals surface area (Å²) in [7, 11) is 0. The first-order valence-corrected chi connectivity index (χ1v) is 10.8. The summed E-state index contributed by atoms with van der Waals surface area (Å²) in [6, 6.07) is 5.59. The lowest BCUT2D eigenvalue weighted by Gasteiger charge is -2.07. The molecule has 2 aliphatic rings. The highest BCUT2D eigenvalue weighted by molar-refractivity contribution is 7.99. The van der Waals surface area contributed by atoms with Crippen molar-refractivity contribution in [1.29, 1.82) is 0 Å². The standard InChI is InChI=1S/C20H22FN5OS/c1-12-4-5-14(11-16(12)21)18-22-17(27-25-18)3-2-10-28-20-24-23-19(13-6-7-13)26(20)15-8-9-15/h4-5,11,13,15H,2-3,6-10H2,1H3. The molecule has 2 aliphatic carbocycles. The Kier molecular flexibility index (Phi) is 4.66. The average molecular weight is 399 g/mol. The first-order chi connectivity index (χ1) is 13.7. The van der Waals surface area contributed by atoms with E-state index in [-0.39, 0.29) is 5.82 Å². The number of thioether (sulfide) groups is 1. The van der Waals surface area contributed by atoms with Crippen molar-refractivity contribution in [2.45, 2.75) is 62.6 Å². The summed E-state index contributed by atoms with van der Waals surface area (Å²) in [5.74, 6) is 3.50. The van der Waals surface area contributed by atoms with Crippen LogP contribution < -0.4 is 0 Å². The van der Waals surface area contributed by atoms with Crippen LogP contribution in [0.1, 0.15) is 61.3 Å². The molecule has 2 aromatic heterocycles. The molecule has 0 N–H and O–H groups in total. The van der Waals surface area contributed by atoms with Gasteiger partial charge in [0.15, 0.2) is 5.16 Å². The van der Waals surface area contributed by atoms with Crippen LogP contribution >= 0.6 is 11.8 Å². The Morgan fingerprint density at radius 1 is 1.21 bits per heavy atom. The maximum absolute atomic E-state index is 13.7. The topological polar surface area (TPSA) is 69.6 Å². The second-order valence-corrected chi connectivity index (χ2v) is 8.71. The highest BCUT2D eigenvalue weighted by Crippen LogP contribution is 2.46. The Hall–Kier alpha value is -2.22. The molecule has 0 bridgehead atoms. The van der Waals surface area contributed by atoms with Gasteiger partial charge >= 0.3 is 0 Å². The Bertz CT molecular complexity index is 992. The number of hydrogen-bond acceptors (Lipinski definition) is 6. The molecule has 2 fully saturated rings. The van der Waals surface area contributed by atoms with Gasteiger partial charge in [-0.1, -0.05) is 29.1 Å². The van der Waals surface area contributed by atoms with Gasteiger partial charge in [-0.3, -0.25) is 0 Å². The molecule has 6 nitrogen and oxygen atoms in total. The molecule has 0 saturated heterocycles. The fraction of sp³-hybridized carbons (Fsp3) is 0.500. The van der Waals surface area contributed by atoms with E-state index >= 15 is 0 Å². The maximum Gasteiger partial charge on any atom is 0.226 e. The van der Waals surface area contributed by atoms with E-state index < -0.39 is 0 Å². The normalized spacial score (nSPS) is 16.6. The number of aromatic nitrogens is 5. The fourth-order valence-corrected chi connectivity index (χ4v) is 4.23. The Balaban J connectivity index is 1.17. The molecule has 2 saturated carbocycles. The van der Waals surface area contributed by atoms with Crippen molar-refractivity contribution in [3.63, 3.8) is 0 Å². The van der Waals surface area contributed by atoms with Gasteiger partial charge in [-0.05, 0) is 50.7 Å². The molecule has 3 aromatic rings. The van der Waals surface area contributed by atoms with Crippen LogP contribution in [-0.4, -0.2) is 30.7 Å². The molecule has 0 amide bonds. The lowest BCUT2D eigenvalue weighted by atomic mass is 10.1. The molecule has 5 rings (SSSR count). The zero-order valence-electron chi connectivity index (χ0n) is 15.8. The largest absolute Gasteiger partial charge is 0.339 e. The molecule has 1 aromatic carbocycles. The number of hydrogen-bond donors (Lipinski definition) is 0. The molecule has 146 valence electrons. The first kappa shape index (κ1) is 17.8. The van der Waals surface area contributed by atoms with E-state index in [1.165, 1.54) is 37.6 Å². The number of aryl methyl sites for hydroxylation is 2. The summed E-state index contributed by atoms with van der Waals surface area (Å²) in [5, 5.41) is 13.9. The highest BCUT2D eigenvalue weighted by Gasteiger charge is 2.36. The Labute approximate surface area is 166 Å². The summed E-state index contributed by atoms with van der Waals surface area (Å²) in [6.45, 7) is 1.73. The van der Waals surface area contributed by atoms with Crippen LogP contribution in [0.5, 0.6) is 0 Å². The van der Waals surface area contributed by atoms with Gasteiger partial charge in [0, 0.05) is 29.7 Å². The molecule has 0 unspecified atom stereocenters. The first-order valence-electron chi connectivity index (χ1n) is 9.86. The van der Waals surface area contributed by atoms with Crippen LogP contribution in [0.3, 0.4) is 0 Å². The van der Waals surface area contributed by atoms with Crippen molar-refractivity contribution in [1.82, 2.24) is 24.9 Å². The van der Waals surface area contributed by atoms with Crippen molar-refractivity contribution in [2.75, 3.05) is 5.75 Å².